The molecule has 1 N–H and O–H groups in total. The number of esters is 1. The van der Waals surface area contributed by atoms with E-state index in [0.717, 1.165) is 22.2 Å². The van der Waals surface area contributed by atoms with E-state index >= 15 is 0 Å². The lowest BCUT2D eigenvalue weighted by atomic mass is 10.1. The summed E-state index contributed by atoms with van der Waals surface area (Å²) in [7, 11) is 1.48. The minimum absolute atomic E-state index is 0.284. The van der Waals surface area contributed by atoms with Gasteiger partial charge in [-0.25, -0.2) is 10.2 Å². The quantitative estimate of drug-likeness (QED) is 0.195. The summed E-state index contributed by atoms with van der Waals surface area (Å²) in [5, 5.41) is 4.85. The third kappa shape index (κ3) is 5.10. The topological polar surface area (TPSA) is 89.9 Å². The van der Waals surface area contributed by atoms with E-state index in [4.69, 9.17) is 9.47 Å². The van der Waals surface area contributed by atoms with Crippen molar-refractivity contribution in [1.82, 2.24) is 10.4 Å². The van der Waals surface area contributed by atoms with Gasteiger partial charge in [0.2, 0.25) is 0 Å². The Balaban J connectivity index is 1.49. The zero-order valence-electron chi connectivity index (χ0n) is 19.0. The molecule has 0 saturated heterocycles. The van der Waals surface area contributed by atoms with Crippen LogP contribution in [0.1, 0.15) is 37.5 Å². The monoisotopic (exact) mass is 453 g/mol. The Hall–Kier alpha value is -4.52. The predicted molar refractivity (Wildman–Crippen MR) is 131 cm³/mol. The third-order valence-electron chi connectivity index (χ3n) is 5.12. The van der Waals surface area contributed by atoms with E-state index in [1.165, 1.54) is 13.3 Å². The molecule has 0 aliphatic carbocycles. The van der Waals surface area contributed by atoms with E-state index in [1.807, 2.05) is 38.1 Å². The summed E-state index contributed by atoms with van der Waals surface area (Å²) in [5.41, 5.74) is 6.70. The van der Waals surface area contributed by atoms with Gasteiger partial charge in [0.15, 0.2) is 11.5 Å². The maximum atomic E-state index is 12.8. The molecule has 0 aliphatic rings. The number of fused-ring (bicyclic) bond motifs is 1. The predicted octanol–water partition coefficient (Wildman–Crippen LogP) is 4.84. The Morgan fingerprint density at radius 2 is 1.74 bits per heavy atom. The van der Waals surface area contributed by atoms with Crippen molar-refractivity contribution in [3.63, 3.8) is 0 Å². The van der Waals surface area contributed by atoms with Crippen LogP contribution in [0.4, 0.5) is 0 Å². The lowest BCUT2D eigenvalue weighted by Crippen LogP contribution is -2.18. The number of aryl methyl sites for hydroxylation is 2. The van der Waals surface area contributed by atoms with Crippen molar-refractivity contribution in [2.75, 3.05) is 7.11 Å². The molecule has 1 heterocycles. The van der Waals surface area contributed by atoms with Crippen LogP contribution >= 0.6 is 0 Å². The molecule has 3 aromatic carbocycles. The molecule has 34 heavy (non-hydrogen) atoms. The first kappa shape index (κ1) is 22.7. The van der Waals surface area contributed by atoms with Crippen LogP contribution in [0.2, 0.25) is 0 Å². The summed E-state index contributed by atoms with van der Waals surface area (Å²) in [6.07, 6.45) is 1.49. The normalized spacial score (nSPS) is 10.9. The second-order valence-corrected chi connectivity index (χ2v) is 7.70. The molecule has 0 atom stereocenters. The summed E-state index contributed by atoms with van der Waals surface area (Å²) in [6, 6.07) is 21.2. The second kappa shape index (κ2) is 9.95. The molecule has 0 radical (unpaired) electrons. The van der Waals surface area contributed by atoms with Crippen molar-refractivity contribution in [3.05, 3.63) is 101 Å². The highest BCUT2D eigenvalue weighted by atomic mass is 16.6. The van der Waals surface area contributed by atoms with Gasteiger partial charge in [0.1, 0.15) is 0 Å². The highest BCUT2D eigenvalue weighted by molar-refractivity contribution is 6.06. The van der Waals surface area contributed by atoms with Gasteiger partial charge in [-0.1, -0.05) is 29.8 Å². The Bertz CT molecular complexity index is 1400. The number of carbonyl (C=O) groups excluding carboxylic acids is 2. The first-order valence-corrected chi connectivity index (χ1v) is 10.6. The molecule has 4 rings (SSSR count). The molecule has 0 fully saturated rings. The lowest BCUT2D eigenvalue weighted by Gasteiger charge is -2.10. The van der Waals surface area contributed by atoms with Gasteiger partial charge in [-0.15, -0.1) is 0 Å². The number of rotatable bonds is 6. The lowest BCUT2D eigenvalue weighted by molar-refractivity contribution is 0.0729. The van der Waals surface area contributed by atoms with Gasteiger partial charge in [-0.2, -0.15) is 5.10 Å². The number of hydrogen-bond donors (Lipinski definition) is 1. The van der Waals surface area contributed by atoms with Crippen molar-refractivity contribution in [2.24, 2.45) is 5.10 Å². The number of methoxy groups -OCH3 is 1. The number of pyridine rings is 1. The number of hydrazone groups is 1. The second-order valence-electron chi connectivity index (χ2n) is 7.70. The summed E-state index contributed by atoms with van der Waals surface area (Å²) in [6.45, 7) is 3.81. The number of amides is 1. The van der Waals surface area contributed by atoms with Gasteiger partial charge in [-0.3, -0.25) is 9.78 Å². The summed E-state index contributed by atoms with van der Waals surface area (Å²) in [5.74, 6) is -0.169. The van der Waals surface area contributed by atoms with Gasteiger partial charge < -0.3 is 9.47 Å². The van der Waals surface area contributed by atoms with Crippen LogP contribution in [0, 0.1) is 13.8 Å². The highest BCUT2D eigenvalue weighted by Crippen LogP contribution is 2.28. The number of ether oxygens (including phenoxy) is 2. The summed E-state index contributed by atoms with van der Waals surface area (Å²) < 4.78 is 10.8. The van der Waals surface area contributed by atoms with Crippen LogP contribution in [0.5, 0.6) is 11.5 Å². The van der Waals surface area contributed by atoms with E-state index in [9.17, 15) is 9.59 Å². The molecule has 0 saturated carbocycles. The Kier molecular flexibility index (Phi) is 6.64. The van der Waals surface area contributed by atoms with Crippen LogP contribution in [-0.4, -0.2) is 30.2 Å². The molecule has 7 heteroatoms. The zero-order chi connectivity index (χ0) is 24.1. The SMILES string of the molecule is COc1cc(C=NNC(=O)c2cc(C)nc3ccc(C)cc23)ccc1OC(=O)c1ccccc1. The van der Waals surface area contributed by atoms with Crippen LogP contribution < -0.4 is 14.9 Å². The van der Waals surface area contributed by atoms with E-state index in [-0.39, 0.29) is 11.7 Å². The molecule has 7 nitrogen and oxygen atoms in total. The highest BCUT2D eigenvalue weighted by Gasteiger charge is 2.13. The maximum Gasteiger partial charge on any atom is 0.343 e. The van der Waals surface area contributed by atoms with Crippen LogP contribution in [0.15, 0.2) is 77.9 Å². The molecular weight excluding hydrogens is 430 g/mol. The smallest absolute Gasteiger partial charge is 0.343 e. The van der Waals surface area contributed by atoms with E-state index < -0.39 is 5.97 Å². The standard InChI is InChI=1S/C27H23N3O4/c1-17-9-11-23-21(13-17)22(14-18(2)29-23)26(31)30-28-16-19-10-12-24(25(15-19)33-3)34-27(32)20-7-5-4-6-8-20/h4-16H,1-3H3,(H,30,31). The van der Waals surface area contributed by atoms with E-state index in [2.05, 4.69) is 15.5 Å². The molecule has 0 spiro atoms. The van der Waals surface area contributed by atoms with Crippen molar-refractivity contribution in [3.8, 4) is 11.5 Å². The fourth-order valence-electron chi connectivity index (χ4n) is 3.47. The fraction of sp³-hybridized carbons (Fsp3) is 0.111. The van der Waals surface area contributed by atoms with Crippen molar-refractivity contribution < 1.29 is 19.1 Å². The van der Waals surface area contributed by atoms with E-state index in [1.54, 1.807) is 48.5 Å². The first-order chi connectivity index (χ1) is 16.4. The number of nitrogens with one attached hydrogen (secondary N) is 1. The van der Waals surface area contributed by atoms with Crippen molar-refractivity contribution in [1.29, 1.82) is 0 Å². The number of nitrogens with zero attached hydrogens (tertiary/aromatic N) is 2. The number of aromatic nitrogens is 1. The van der Waals surface area contributed by atoms with Crippen LogP contribution in [-0.2, 0) is 0 Å². The molecule has 1 amide bonds. The first-order valence-electron chi connectivity index (χ1n) is 10.6. The number of hydrogen-bond acceptors (Lipinski definition) is 6. The minimum atomic E-state index is -0.484. The molecule has 0 unspecified atom stereocenters. The Labute approximate surface area is 197 Å². The van der Waals surface area contributed by atoms with Crippen molar-refractivity contribution >= 4 is 29.0 Å². The molecule has 0 bridgehead atoms. The van der Waals surface area contributed by atoms with Gasteiger partial charge in [0, 0.05) is 11.1 Å². The van der Waals surface area contributed by atoms with Gasteiger partial charge >= 0.3 is 5.97 Å². The Morgan fingerprint density at radius 3 is 2.50 bits per heavy atom. The number of carbonyl (C=O) groups is 2. The molecular formula is C27H23N3O4. The van der Waals surface area contributed by atoms with Gasteiger partial charge in [0.25, 0.3) is 5.91 Å². The van der Waals surface area contributed by atoms with Crippen LogP contribution in [0.3, 0.4) is 0 Å². The zero-order valence-corrected chi connectivity index (χ0v) is 19.0. The average molecular weight is 453 g/mol. The van der Waals surface area contributed by atoms with E-state index in [0.29, 0.717) is 22.4 Å². The third-order valence-corrected chi connectivity index (χ3v) is 5.12. The van der Waals surface area contributed by atoms with Gasteiger partial charge in [-0.05, 0) is 67.9 Å². The largest absolute Gasteiger partial charge is 0.493 e. The summed E-state index contributed by atoms with van der Waals surface area (Å²) in [4.78, 5) is 29.6. The molecule has 0 aliphatic heterocycles. The molecule has 4 aromatic rings. The van der Waals surface area contributed by atoms with Crippen molar-refractivity contribution in [2.45, 2.75) is 13.8 Å². The van der Waals surface area contributed by atoms with Crippen LogP contribution in [0.25, 0.3) is 10.9 Å². The molecule has 1 aromatic heterocycles. The van der Waals surface area contributed by atoms with Gasteiger partial charge in [0.05, 0.1) is 30.0 Å². The fourth-order valence-corrected chi connectivity index (χ4v) is 3.47. The average Bonchev–Trinajstić information content (AvgIpc) is 2.85. The Morgan fingerprint density at radius 1 is 0.941 bits per heavy atom. The molecule has 170 valence electrons. The maximum absolute atomic E-state index is 12.8. The summed E-state index contributed by atoms with van der Waals surface area (Å²) >= 11 is 0. The number of benzene rings is 3. The minimum Gasteiger partial charge on any atom is -0.493 e.